The Morgan fingerprint density at radius 3 is 2.41 bits per heavy atom. The van der Waals surface area contributed by atoms with Crippen molar-refractivity contribution in [3.8, 4) is 0 Å². The van der Waals surface area contributed by atoms with Gasteiger partial charge in [-0.1, -0.05) is 25.1 Å². The van der Waals surface area contributed by atoms with E-state index in [2.05, 4.69) is 14.7 Å². The van der Waals surface area contributed by atoms with Crippen LogP contribution in [-0.2, 0) is 14.8 Å². The molecular weight excluding hydrogens is 394 g/mol. The van der Waals surface area contributed by atoms with E-state index >= 15 is 0 Å². The van der Waals surface area contributed by atoms with Crippen molar-refractivity contribution in [1.29, 1.82) is 0 Å². The van der Waals surface area contributed by atoms with Gasteiger partial charge in [0.1, 0.15) is 5.52 Å². The fourth-order valence-corrected chi connectivity index (χ4v) is 3.79. The second-order valence-electron chi connectivity index (χ2n) is 6.12. The summed E-state index contributed by atoms with van der Waals surface area (Å²) in [6, 6.07) is 15.1. The minimum absolute atomic E-state index is 0.111. The predicted octanol–water partition coefficient (Wildman–Crippen LogP) is 1.96. The molecule has 0 saturated carbocycles. The third kappa shape index (κ3) is 4.46. The van der Waals surface area contributed by atoms with Gasteiger partial charge in [0.15, 0.2) is 0 Å². The molecule has 2 aromatic heterocycles. The number of pyridine rings is 1. The molecule has 2 heterocycles. The molecule has 3 N–H and O–H groups in total. The van der Waals surface area contributed by atoms with Crippen LogP contribution < -0.4 is 15.4 Å². The van der Waals surface area contributed by atoms with Gasteiger partial charge in [-0.15, -0.1) is 0 Å². The third-order valence-electron chi connectivity index (χ3n) is 4.13. The van der Waals surface area contributed by atoms with Crippen LogP contribution in [0.2, 0.25) is 0 Å². The molecule has 4 rings (SSSR count). The molecule has 4 aromatic rings. The van der Waals surface area contributed by atoms with Gasteiger partial charge >= 0.3 is 0 Å². The maximum absolute atomic E-state index is 12.6. The smallest absolute Gasteiger partial charge is 0.272 e. The number of H-pyrrole nitrogens is 2. The number of aromatic amines is 2. The van der Waals surface area contributed by atoms with Crippen LogP contribution in [0.4, 0.5) is 5.69 Å². The lowest BCUT2D eigenvalue weighted by Crippen LogP contribution is -2.19. The largest absolute Gasteiger partial charge is 0.550 e. The number of benzene rings is 2. The number of aliphatic carboxylic acids is 1. The molecule has 2 aromatic carbocycles. The van der Waals surface area contributed by atoms with Crippen molar-refractivity contribution >= 4 is 43.5 Å². The number of carboxylic acids is 1. The Labute approximate surface area is 166 Å². The van der Waals surface area contributed by atoms with Crippen LogP contribution >= 0.6 is 0 Å². The number of para-hydroxylation sites is 1. The average Bonchev–Trinajstić information content (AvgIpc) is 3.19. The third-order valence-corrected chi connectivity index (χ3v) is 5.51. The van der Waals surface area contributed by atoms with E-state index < -0.39 is 16.0 Å². The zero-order valence-corrected chi connectivity index (χ0v) is 16.2. The van der Waals surface area contributed by atoms with Gasteiger partial charge in [-0.05, 0) is 42.8 Å². The van der Waals surface area contributed by atoms with Crippen molar-refractivity contribution < 1.29 is 18.3 Å². The Morgan fingerprint density at radius 2 is 1.76 bits per heavy atom. The van der Waals surface area contributed by atoms with Crippen molar-refractivity contribution in [2.24, 2.45) is 0 Å². The number of sulfonamides is 1. The summed E-state index contributed by atoms with van der Waals surface area (Å²) >= 11 is 0. The SMILES string of the molecule is CCC(=O)[O-].O=c1[nH]c2ccc(S(=O)(=O)Nc3ccccc3)cc2c2cc[nH]c12. The van der Waals surface area contributed by atoms with Crippen LogP contribution in [-0.4, -0.2) is 24.4 Å². The highest BCUT2D eigenvalue weighted by molar-refractivity contribution is 7.92. The normalized spacial score (nSPS) is 11.1. The van der Waals surface area contributed by atoms with Gasteiger partial charge in [0.2, 0.25) is 0 Å². The number of carbonyl (C=O) groups excluding carboxylic acids is 1. The summed E-state index contributed by atoms with van der Waals surface area (Å²) in [4.78, 5) is 27.0. The van der Waals surface area contributed by atoms with Crippen molar-refractivity contribution in [3.05, 3.63) is 71.1 Å². The molecule has 0 spiro atoms. The van der Waals surface area contributed by atoms with Gasteiger partial charge in [-0.2, -0.15) is 0 Å². The van der Waals surface area contributed by atoms with Crippen LogP contribution in [0.5, 0.6) is 0 Å². The van der Waals surface area contributed by atoms with Crippen LogP contribution in [0, 0.1) is 0 Å². The Morgan fingerprint density at radius 1 is 1.07 bits per heavy atom. The average molecular weight is 412 g/mol. The molecule has 0 atom stereocenters. The van der Waals surface area contributed by atoms with E-state index in [1.807, 2.05) is 6.07 Å². The van der Waals surface area contributed by atoms with Gasteiger partial charge in [0, 0.05) is 34.1 Å². The first kappa shape index (κ1) is 20.2. The summed E-state index contributed by atoms with van der Waals surface area (Å²) in [5.41, 5.74) is 1.27. The van der Waals surface area contributed by atoms with Crippen LogP contribution in [0.15, 0.2) is 70.5 Å². The highest BCUT2D eigenvalue weighted by atomic mass is 32.2. The molecule has 0 radical (unpaired) electrons. The molecule has 0 aliphatic carbocycles. The Kier molecular flexibility index (Phi) is 5.69. The molecule has 0 aliphatic rings. The van der Waals surface area contributed by atoms with Crippen LogP contribution in [0.25, 0.3) is 21.8 Å². The van der Waals surface area contributed by atoms with Crippen molar-refractivity contribution in [2.75, 3.05) is 4.72 Å². The molecule has 29 heavy (non-hydrogen) atoms. The van der Waals surface area contributed by atoms with E-state index in [-0.39, 0.29) is 16.9 Å². The molecule has 8 nitrogen and oxygen atoms in total. The molecular formula is C20H18N3O5S-. The first-order chi connectivity index (χ1) is 13.8. The molecule has 0 aliphatic heterocycles. The number of rotatable bonds is 4. The summed E-state index contributed by atoms with van der Waals surface area (Å²) < 4.78 is 27.7. The maximum Gasteiger partial charge on any atom is 0.272 e. The summed E-state index contributed by atoms with van der Waals surface area (Å²) in [5, 5.41) is 10.6. The van der Waals surface area contributed by atoms with E-state index in [9.17, 15) is 23.1 Å². The Balaban J connectivity index is 0.000000431. The standard InChI is InChI=1S/C17H13N3O3S.C3H6O2/c21-17-16-13(8-9-18-16)14-10-12(6-7-15(14)19-17)24(22,23)20-11-4-2-1-3-5-11;1-2-3(4)5/h1-10,18,20H,(H,19,21);2H2,1H3,(H,4,5)/p-1. The minimum Gasteiger partial charge on any atom is -0.550 e. The fourth-order valence-electron chi connectivity index (χ4n) is 2.71. The zero-order valence-electron chi connectivity index (χ0n) is 15.4. The number of hydrogen-bond acceptors (Lipinski definition) is 5. The van der Waals surface area contributed by atoms with E-state index in [1.54, 1.807) is 48.7 Å². The maximum atomic E-state index is 12.6. The monoisotopic (exact) mass is 412 g/mol. The van der Waals surface area contributed by atoms with Gasteiger partial charge in [-0.25, -0.2) is 8.42 Å². The molecule has 150 valence electrons. The Hall–Kier alpha value is -3.59. The van der Waals surface area contributed by atoms with Crippen molar-refractivity contribution in [2.45, 2.75) is 18.2 Å². The predicted molar refractivity (Wildman–Crippen MR) is 109 cm³/mol. The second-order valence-corrected chi connectivity index (χ2v) is 7.81. The quantitative estimate of drug-likeness (QED) is 0.471. The molecule has 9 heteroatoms. The molecule has 0 amide bonds. The van der Waals surface area contributed by atoms with Crippen LogP contribution in [0.3, 0.4) is 0 Å². The molecule has 0 saturated heterocycles. The van der Waals surface area contributed by atoms with E-state index in [0.29, 0.717) is 27.5 Å². The first-order valence-electron chi connectivity index (χ1n) is 8.72. The van der Waals surface area contributed by atoms with E-state index in [0.717, 1.165) is 0 Å². The summed E-state index contributed by atoms with van der Waals surface area (Å²) in [6.07, 6.45) is 1.77. The topological polar surface area (TPSA) is 135 Å². The molecule has 0 fully saturated rings. The lowest BCUT2D eigenvalue weighted by Gasteiger charge is -2.09. The van der Waals surface area contributed by atoms with E-state index in [1.165, 1.54) is 13.0 Å². The van der Waals surface area contributed by atoms with E-state index in [4.69, 9.17) is 0 Å². The number of anilines is 1. The zero-order chi connectivity index (χ0) is 21.0. The highest BCUT2D eigenvalue weighted by Gasteiger charge is 2.16. The fraction of sp³-hybridized carbons (Fsp3) is 0.100. The van der Waals surface area contributed by atoms with Crippen molar-refractivity contribution in [1.82, 2.24) is 9.97 Å². The first-order valence-corrected chi connectivity index (χ1v) is 10.2. The number of nitrogens with one attached hydrogen (secondary N) is 3. The van der Waals surface area contributed by atoms with Crippen molar-refractivity contribution in [3.63, 3.8) is 0 Å². The number of carboxylic acid groups (broad SMARTS) is 1. The molecule has 0 unspecified atom stereocenters. The highest BCUT2D eigenvalue weighted by Crippen LogP contribution is 2.24. The minimum atomic E-state index is -3.72. The van der Waals surface area contributed by atoms with Gasteiger partial charge in [-0.3, -0.25) is 9.52 Å². The second kappa shape index (κ2) is 8.19. The summed E-state index contributed by atoms with van der Waals surface area (Å²) in [7, 11) is -3.72. The van der Waals surface area contributed by atoms with Crippen LogP contribution in [0.1, 0.15) is 13.3 Å². The summed E-state index contributed by atoms with van der Waals surface area (Å²) in [5.74, 6) is -0.995. The Bertz CT molecular complexity index is 1320. The lowest BCUT2D eigenvalue weighted by atomic mass is 10.1. The number of fused-ring (bicyclic) bond motifs is 3. The van der Waals surface area contributed by atoms with Gasteiger partial charge in [0.25, 0.3) is 15.6 Å². The number of carbonyl (C=O) groups is 1. The van der Waals surface area contributed by atoms with Gasteiger partial charge < -0.3 is 19.9 Å². The lowest BCUT2D eigenvalue weighted by molar-refractivity contribution is -0.305. The number of aromatic nitrogens is 2. The van der Waals surface area contributed by atoms with Gasteiger partial charge in [0.05, 0.1) is 4.90 Å². The number of hydrogen-bond donors (Lipinski definition) is 3. The summed E-state index contributed by atoms with van der Waals surface area (Å²) in [6.45, 7) is 1.54. The molecule has 0 bridgehead atoms.